The topological polar surface area (TPSA) is 66.5 Å². The molecule has 1 aliphatic heterocycles. The summed E-state index contributed by atoms with van der Waals surface area (Å²) in [5, 5.41) is 3.01. The SMILES string of the molecule is CCC(C)c1ccc(S(=O)(=O)N2CCC(NC(=O)c3ccccc3)CC2)cc1. The Morgan fingerprint density at radius 1 is 1.07 bits per heavy atom. The van der Waals surface area contributed by atoms with Gasteiger partial charge in [-0.25, -0.2) is 8.42 Å². The van der Waals surface area contributed by atoms with Gasteiger partial charge in [-0.1, -0.05) is 44.2 Å². The number of carbonyl (C=O) groups excluding carboxylic acids is 1. The second kappa shape index (κ2) is 8.88. The van der Waals surface area contributed by atoms with E-state index in [1.165, 1.54) is 4.31 Å². The van der Waals surface area contributed by atoms with Gasteiger partial charge in [0.15, 0.2) is 0 Å². The molecule has 0 radical (unpaired) electrons. The molecule has 6 heteroatoms. The summed E-state index contributed by atoms with van der Waals surface area (Å²) < 4.78 is 27.4. The van der Waals surface area contributed by atoms with Crippen molar-refractivity contribution in [2.24, 2.45) is 0 Å². The van der Waals surface area contributed by atoms with Crippen molar-refractivity contribution < 1.29 is 13.2 Å². The molecule has 3 rings (SSSR count). The molecule has 1 N–H and O–H groups in total. The Morgan fingerprint density at radius 2 is 1.68 bits per heavy atom. The first-order valence-electron chi connectivity index (χ1n) is 9.88. The average Bonchev–Trinajstić information content (AvgIpc) is 2.74. The molecule has 0 aliphatic carbocycles. The fraction of sp³-hybridized carbons (Fsp3) is 0.409. The molecule has 1 heterocycles. The molecular formula is C22H28N2O3S. The fourth-order valence-electron chi connectivity index (χ4n) is 3.45. The van der Waals surface area contributed by atoms with Gasteiger partial charge in [0.25, 0.3) is 5.91 Å². The first-order valence-corrected chi connectivity index (χ1v) is 11.3. The van der Waals surface area contributed by atoms with Crippen LogP contribution in [-0.2, 0) is 10.0 Å². The summed E-state index contributed by atoms with van der Waals surface area (Å²) in [5.74, 6) is 0.309. The van der Waals surface area contributed by atoms with Gasteiger partial charge >= 0.3 is 0 Å². The van der Waals surface area contributed by atoms with Crippen LogP contribution in [0.2, 0.25) is 0 Å². The molecule has 0 bridgehead atoms. The Balaban J connectivity index is 1.60. The van der Waals surface area contributed by atoms with Gasteiger partial charge in [-0.05, 0) is 55.0 Å². The van der Waals surface area contributed by atoms with Crippen LogP contribution in [-0.4, -0.2) is 37.8 Å². The number of hydrogen-bond donors (Lipinski definition) is 1. The van der Waals surface area contributed by atoms with Crippen LogP contribution < -0.4 is 5.32 Å². The summed E-state index contributed by atoms with van der Waals surface area (Å²) in [6.45, 7) is 5.08. The zero-order chi connectivity index (χ0) is 20.1. The van der Waals surface area contributed by atoms with Gasteiger partial charge in [0.1, 0.15) is 0 Å². The second-order valence-electron chi connectivity index (χ2n) is 7.40. The quantitative estimate of drug-likeness (QED) is 0.802. The predicted molar refractivity (Wildman–Crippen MR) is 111 cm³/mol. The molecule has 150 valence electrons. The number of nitrogens with zero attached hydrogens (tertiary/aromatic N) is 1. The Bertz CT molecular complexity index is 887. The molecule has 2 aromatic rings. The van der Waals surface area contributed by atoms with Crippen LogP contribution in [0, 0.1) is 0 Å². The number of nitrogens with one attached hydrogen (secondary N) is 1. The molecule has 1 amide bonds. The monoisotopic (exact) mass is 400 g/mol. The number of hydrogen-bond acceptors (Lipinski definition) is 3. The highest BCUT2D eigenvalue weighted by Crippen LogP contribution is 2.24. The Labute approximate surface area is 167 Å². The highest BCUT2D eigenvalue weighted by atomic mass is 32.2. The van der Waals surface area contributed by atoms with Gasteiger partial charge in [0.2, 0.25) is 10.0 Å². The lowest BCUT2D eigenvalue weighted by Crippen LogP contribution is -2.46. The number of piperidine rings is 1. The first-order chi connectivity index (χ1) is 13.4. The van der Waals surface area contributed by atoms with Gasteiger partial charge < -0.3 is 5.32 Å². The van der Waals surface area contributed by atoms with E-state index in [0.29, 0.717) is 42.3 Å². The van der Waals surface area contributed by atoms with E-state index in [1.807, 2.05) is 30.3 Å². The van der Waals surface area contributed by atoms with E-state index in [2.05, 4.69) is 19.2 Å². The third-order valence-corrected chi connectivity index (χ3v) is 7.44. The normalized spacial score (nSPS) is 17.2. The number of rotatable bonds is 6. The van der Waals surface area contributed by atoms with Crippen molar-refractivity contribution in [3.8, 4) is 0 Å². The van der Waals surface area contributed by atoms with Crippen molar-refractivity contribution in [1.82, 2.24) is 9.62 Å². The molecule has 0 saturated carbocycles. The van der Waals surface area contributed by atoms with Crippen LogP contribution in [0.4, 0.5) is 0 Å². The Kier molecular flexibility index (Phi) is 6.52. The van der Waals surface area contributed by atoms with Gasteiger partial charge in [0, 0.05) is 24.7 Å². The fourth-order valence-corrected chi connectivity index (χ4v) is 4.92. The lowest BCUT2D eigenvalue weighted by molar-refractivity contribution is 0.0924. The standard InChI is InChI=1S/C22H28N2O3S/c1-3-17(2)18-9-11-21(12-10-18)28(26,27)24-15-13-20(14-16-24)23-22(25)19-7-5-4-6-8-19/h4-12,17,20H,3,13-16H2,1-2H3,(H,23,25). The number of benzene rings is 2. The number of sulfonamides is 1. The highest BCUT2D eigenvalue weighted by Gasteiger charge is 2.30. The van der Waals surface area contributed by atoms with E-state index < -0.39 is 10.0 Å². The van der Waals surface area contributed by atoms with E-state index in [0.717, 1.165) is 12.0 Å². The van der Waals surface area contributed by atoms with E-state index in [-0.39, 0.29) is 11.9 Å². The molecule has 1 fully saturated rings. The summed E-state index contributed by atoms with van der Waals surface area (Å²) >= 11 is 0. The highest BCUT2D eigenvalue weighted by molar-refractivity contribution is 7.89. The van der Waals surface area contributed by atoms with Gasteiger partial charge in [-0.2, -0.15) is 4.31 Å². The average molecular weight is 401 g/mol. The maximum atomic E-state index is 12.9. The van der Waals surface area contributed by atoms with Crippen molar-refractivity contribution in [3.63, 3.8) is 0 Å². The summed E-state index contributed by atoms with van der Waals surface area (Å²) in [5.41, 5.74) is 1.78. The van der Waals surface area contributed by atoms with E-state index >= 15 is 0 Å². The van der Waals surface area contributed by atoms with E-state index in [4.69, 9.17) is 0 Å². The zero-order valence-electron chi connectivity index (χ0n) is 16.5. The van der Waals surface area contributed by atoms with Gasteiger partial charge in [0.05, 0.1) is 4.90 Å². The third kappa shape index (κ3) is 4.62. The van der Waals surface area contributed by atoms with Crippen molar-refractivity contribution in [1.29, 1.82) is 0 Å². The molecule has 5 nitrogen and oxygen atoms in total. The Hall–Kier alpha value is -2.18. The summed E-state index contributed by atoms with van der Waals surface area (Å²) in [7, 11) is -3.49. The van der Waals surface area contributed by atoms with Crippen LogP contribution in [0.15, 0.2) is 59.5 Å². The smallest absolute Gasteiger partial charge is 0.251 e. The molecular weight excluding hydrogens is 372 g/mol. The minimum Gasteiger partial charge on any atom is -0.349 e. The van der Waals surface area contributed by atoms with Crippen LogP contribution in [0.3, 0.4) is 0 Å². The number of amides is 1. The van der Waals surface area contributed by atoms with E-state index in [9.17, 15) is 13.2 Å². The lowest BCUT2D eigenvalue weighted by Gasteiger charge is -2.31. The first kappa shape index (κ1) is 20.6. The lowest BCUT2D eigenvalue weighted by atomic mass is 9.99. The van der Waals surface area contributed by atoms with Gasteiger partial charge in [-0.15, -0.1) is 0 Å². The predicted octanol–water partition coefficient (Wildman–Crippen LogP) is 3.78. The molecule has 28 heavy (non-hydrogen) atoms. The molecule has 0 aromatic heterocycles. The molecule has 1 unspecified atom stereocenters. The van der Waals surface area contributed by atoms with Crippen LogP contribution in [0.25, 0.3) is 0 Å². The second-order valence-corrected chi connectivity index (χ2v) is 9.33. The van der Waals surface area contributed by atoms with Crippen molar-refractivity contribution in [2.75, 3.05) is 13.1 Å². The van der Waals surface area contributed by atoms with E-state index in [1.54, 1.807) is 24.3 Å². The molecule has 0 spiro atoms. The minimum atomic E-state index is -3.49. The molecule has 1 atom stereocenters. The van der Waals surface area contributed by atoms with Crippen LogP contribution >= 0.6 is 0 Å². The maximum absolute atomic E-state index is 12.9. The van der Waals surface area contributed by atoms with Crippen LogP contribution in [0.5, 0.6) is 0 Å². The van der Waals surface area contributed by atoms with Crippen molar-refractivity contribution >= 4 is 15.9 Å². The molecule has 1 saturated heterocycles. The summed E-state index contributed by atoms with van der Waals surface area (Å²) in [6, 6.07) is 16.3. The van der Waals surface area contributed by atoms with Crippen LogP contribution in [0.1, 0.15) is 54.9 Å². The largest absolute Gasteiger partial charge is 0.349 e. The molecule has 1 aliphatic rings. The zero-order valence-corrected chi connectivity index (χ0v) is 17.3. The Morgan fingerprint density at radius 3 is 2.25 bits per heavy atom. The number of carbonyl (C=O) groups is 1. The summed E-state index contributed by atoms with van der Waals surface area (Å²) in [4.78, 5) is 12.6. The third-order valence-electron chi connectivity index (χ3n) is 5.52. The molecule has 2 aromatic carbocycles. The summed E-state index contributed by atoms with van der Waals surface area (Å²) in [6.07, 6.45) is 2.25. The minimum absolute atomic E-state index is 0.00747. The van der Waals surface area contributed by atoms with Crippen molar-refractivity contribution in [3.05, 3.63) is 65.7 Å². The van der Waals surface area contributed by atoms with Gasteiger partial charge in [-0.3, -0.25) is 4.79 Å². The van der Waals surface area contributed by atoms with Crippen molar-refractivity contribution in [2.45, 2.75) is 50.0 Å². The maximum Gasteiger partial charge on any atom is 0.251 e.